The first-order chi connectivity index (χ1) is 4.50. The average Bonchev–Trinajstić information content (AvgIpc) is 1.58. The summed E-state index contributed by atoms with van der Waals surface area (Å²) < 4.78 is 85.0. The van der Waals surface area contributed by atoms with E-state index in [0.717, 1.165) is 0 Å². The minimum absolute atomic E-state index is 0. The molecular weight excluding hydrogens is 209 g/mol. The van der Waals surface area contributed by atoms with Crippen LogP contribution in [-0.2, 0) is 9.84 Å². The first kappa shape index (κ1) is 14.6. The van der Waals surface area contributed by atoms with E-state index in [2.05, 4.69) is 0 Å². The van der Waals surface area contributed by atoms with Crippen LogP contribution in [0.25, 0.3) is 0 Å². The normalized spacial score (nSPS) is 13.8. The van der Waals surface area contributed by atoms with Gasteiger partial charge in [-0.3, -0.25) is 0 Å². The zero-order valence-corrected chi connectivity index (χ0v) is 6.31. The molecule has 0 bridgehead atoms. The molecule has 0 spiro atoms. The number of alkyl halides is 6. The van der Waals surface area contributed by atoms with Gasteiger partial charge in [-0.2, -0.15) is 26.3 Å². The number of halogens is 6. The van der Waals surface area contributed by atoms with Crippen LogP contribution < -0.4 is 18.9 Å². The number of hydrogen-bond donors (Lipinski definition) is 0. The Morgan fingerprint density at radius 2 is 1.00 bits per heavy atom. The molecule has 0 aromatic rings. The fraction of sp³-hybridized carbons (Fsp3) is 1.00. The Morgan fingerprint density at radius 1 is 0.833 bits per heavy atom. The summed E-state index contributed by atoms with van der Waals surface area (Å²) in [4.78, 5) is 0. The maximum Gasteiger partial charge on any atom is 1.00 e. The summed E-state index contributed by atoms with van der Waals surface area (Å²) >= 11 is 0. The van der Waals surface area contributed by atoms with Gasteiger partial charge in [-0.1, -0.05) is 0 Å². The molecule has 70 valence electrons. The Bertz CT molecular complexity index is 220. The Balaban J connectivity index is -0.000000500. The van der Waals surface area contributed by atoms with Gasteiger partial charge in [0.25, 0.3) is 0 Å². The first-order valence-corrected chi connectivity index (χ1v) is 3.36. The van der Waals surface area contributed by atoms with E-state index in [9.17, 15) is 34.8 Å². The fourth-order valence-corrected chi connectivity index (χ4v) is 0.394. The van der Waals surface area contributed by atoms with Crippen LogP contribution in [0.3, 0.4) is 0 Å². The van der Waals surface area contributed by atoms with Gasteiger partial charge in [-0.25, -0.2) is 8.42 Å². The number of sulfone groups is 1. The molecular formula is C2HF6LiO2S. The topological polar surface area (TPSA) is 34.1 Å². The van der Waals surface area contributed by atoms with Crippen LogP contribution in [-0.4, -0.2) is 19.4 Å². The molecule has 0 fully saturated rings. The summed E-state index contributed by atoms with van der Waals surface area (Å²) in [6, 6.07) is 0. The van der Waals surface area contributed by atoms with Crippen LogP contribution in [0.5, 0.6) is 0 Å². The van der Waals surface area contributed by atoms with Gasteiger partial charge < -0.3 is 1.43 Å². The van der Waals surface area contributed by atoms with E-state index >= 15 is 0 Å². The van der Waals surface area contributed by atoms with E-state index in [-0.39, 0.29) is 20.3 Å². The largest absolute Gasteiger partial charge is 1.00 e. The summed E-state index contributed by atoms with van der Waals surface area (Å²) in [6.07, 6.45) is 0. The van der Waals surface area contributed by atoms with E-state index in [1.54, 1.807) is 0 Å². The molecule has 0 aliphatic rings. The first-order valence-electron chi connectivity index (χ1n) is 1.88. The van der Waals surface area contributed by atoms with Gasteiger partial charge in [0.2, 0.25) is 0 Å². The Morgan fingerprint density at radius 3 is 1.00 bits per heavy atom. The average molecular weight is 210 g/mol. The minimum Gasteiger partial charge on any atom is -1.00 e. The van der Waals surface area contributed by atoms with Crippen molar-refractivity contribution in [3.05, 3.63) is 0 Å². The van der Waals surface area contributed by atoms with Crippen molar-refractivity contribution in [3.8, 4) is 0 Å². The molecule has 0 rings (SSSR count). The Labute approximate surface area is 76.5 Å². The second kappa shape index (κ2) is 3.47. The maximum atomic E-state index is 11.0. The smallest absolute Gasteiger partial charge is 1.00 e. The fourth-order valence-electron chi connectivity index (χ4n) is 0.131. The van der Waals surface area contributed by atoms with Gasteiger partial charge in [-0.15, -0.1) is 0 Å². The molecule has 2 nitrogen and oxygen atoms in total. The van der Waals surface area contributed by atoms with E-state index in [1.807, 2.05) is 0 Å². The van der Waals surface area contributed by atoms with Crippen molar-refractivity contribution in [1.82, 2.24) is 0 Å². The third kappa shape index (κ3) is 2.57. The van der Waals surface area contributed by atoms with Crippen LogP contribution in [0, 0.1) is 0 Å². The van der Waals surface area contributed by atoms with Gasteiger partial charge in [0.05, 0.1) is 0 Å². The standard InChI is InChI=1S/C2F6O2S.Li.H/c3-1(4,5)11(9,10)2(6,7)8;;/q;+1;-1. The van der Waals surface area contributed by atoms with Gasteiger partial charge in [-0.05, 0) is 0 Å². The summed E-state index contributed by atoms with van der Waals surface area (Å²) in [5, 5.41) is 0. The molecule has 0 radical (unpaired) electrons. The Hall–Kier alpha value is 0.127. The monoisotopic (exact) mass is 210 g/mol. The van der Waals surface area contributed by atoms with Crippen molar-refractivity contribution in [2.24, 2.45) is 0 Å². The molecule has 0 amide bonds. The predicted octanol–water partition coefficient (Wildman–Crippen LogP) is -1.44. The molecule has 0 aliphatic heterocycles. The summed E-state index contributed by atoms with van der Waals surface area (Å²) in [5.74, 6) is 0. The Kier molecular flexibility index (Phi) is 4.24. The predicted molar refractivity (Wildman–Crippen MR) is 22.1 cm³/mol. The quantitative estimate of drug-likeness (QED) is 0.362. The van der Waals surface area contributed by atoms with Crippen LogP contribution >= 0.6 is 0 Å². The van der Waals surface area contributed by atoms with Gasteiger partial charge in [0.1, 0.15) is 0 Å². The molecule has 10 heteroatoms. The maximum absolute atomic E-state index is 11.0. The van der Waals surface area contributed by atoms with Crippen molar-refractivity contribution < 1.29 is 55.0 Å². The number of rotatable bonds is 0. The van der Waals surface area contributed by atoms with Crippen LogP contribution in [0.4, 0.5) is 26.3 Å². The van der Waals surface area contributed by atoms with Crippen LogP contribution in [0.2, 0.25) is 0 Å². The van der Waals surface area contributed by atoms with E-state index in [4.69, 9.17) is 0 Å². The third-order valence-electron chi connectivity index (χ3n) is 0.609. The van der Waals surface area contributed by atoms with Crippen molar-refractivity contribution >= 4 is 9.84 Å². The van der Waals surface area contributed by atoms with Crippen LogP contribution in [0.1, 0.15) is 1.43 Å². The molecule has 0 atom stereocenters. The zero-order chi connectivity index (χ0) is 9.50. The van der Waals surface area contributed by atoms with Crippen molar-refractivity contribution in [2.45, 2.75) is 11.0 Å². The molecule has 0 aromatic carbocycles. The minimum atomic E-state index is -7.01. The zero-order valence-electron chi connectivity index (χ0n) is 6.49. The number of hydrogen-bond acceptors (Lipinski definition) is 2. The molecule has 12 heavy (non-hydrogen) atoms. The summed E-state index contributed by atoms with van der Waals surface area (Å²) in [6.45, 7) is 0. The second-order valence-corrected chi connectivity index (χ2v) is 3.33. The summed E-state index contributed by atoms with van der Waals surface area (Å²) in [5.41, 5.74) is -12.5. The van der Waals surface area contributed by atoms with Crippen molar-refractivity contribution in [2.75, 3.05) is 0 Å². The van der Waals surface area contributed by atoms with Gasteiger partial charge in [0.15, 0.2) is 0 Å². The van der Waals surface area contributed by atoms with Gasteiger partial charge >= 0.3 is 39.7 Å². The summed E-state index contributed by atoms with van der Waals surface area (Å²) in [7, 11) is -7.01. The van der Waals surface area contributed by atoms with Crippen LogP contribution in [0.15, 0.2) is 0 Å². The molecule has 0 saturated heterocycles. The molecule has 0 aliphatic carbocycles. The SMILES string of the molecule is O=S(=O)(C(F)(F)F)C(F)(F)F.[H-].[Li+]. The van der Waals surface area contributed by atoms with Crippen molar-refractivity contribution in [3.63, 3.8) is 0 Å². The third-order valence-corrected chi connectivity index (χ3v) is 1.83. The molecule has 0 saturated carbocycles. The van der Waals surface area contributed by atoms with E-state index in [0.29, 0.717) is 0 Å². The van der Waals surface area contributed by atoms with E-state index < -0.39 is 20.9 Å². The molecule has 0 unspecified atom stereocenters. The van der Waals surface area contributed by atoms with E-state index in [1.165, 1.54) is 0 Å². The molecule has 0 aromatic heterocycles. The van der Waals surface area contributed by atoms with Gasteiger partial charge in [0, 0.05) is 0 Å². The second-order valence-electron chi connectivity index (χ2n) is 1.39. The molecule has 0 N–H and O–H groups in total. The molecule has 0 heterocycles. The van der Waals surface area contributed by atoms with Crippen molar-refractivity contribution in [1.29, 1.82) is 0 Å².